The van der Waals surface area contributed by atoms with E-state index in [2.05, 4.69) is 48.1 Å². The van der Waals surface area contributed by atoms with Gasteiger partial charge >= 0.3 is 0 Å². The summed E-state index contributed by atoms with van der Waals surface area (Å²) in [4.78, 5) is 0. The molecular weight excluding hydrogens is 426 g/mol. The maximum Gasteiger partial charge on any atom is 0.0594 e. The minimum atomic E-state index is -0.135. The van der Waals surface area contributed by atoms with Crippen molar-refractivity contribution in [1.82, 2.24) is 0 Å². The zero-order chi connectivity index (χ0) is 26.6. The van der Waals surface area contributed by atoms with Gasteiger partial charge in [-0.2, -0.15) is 0 Å². The Morgan fingerprint density at radius 2 is 1.37 bits per heavy atom. The van der Waals surface area contributed by atoms with Gasteiger partial charge in [0.2, 0.25) is 0 Å². The van der Waals surface area contributed by atoms with Gasteiger partial charge in [0, 0.05) is 5.54 Å². The Balaban J connectivity index is 0.000000815. The van der Waals surface area contributed by atoms with Crippen LogP contribution in [-0.2, 0) is 0 Å². The highest BCUT2D eigenvalue weighted by Gasteiger charge is 2.70. The lowest BCUT2D eigenvalue weighted by atomic mass is 9.32. The average molecular weight is 488 g/mol. The zero-order valence-electron chi connectivity index (χ0n) is 25.3. The molecule has 0 amide bonds. The monoisotopic (exact) mass is 487 g/mol. The number of hydrogen-bond donors (Lipinski definition) is 2. The van der Waals surface area contributed by atoms with Gasteiger partial charge in [-0.3, -0.25) is 0 Å². The summed E-state index contributed by atoms with van der Waals surface area (Å²) in [5, 5.41) is 10.9. The Labute approximate surface area is 219 Å². The highest BCUT2D eigenvalue weighted by Crippen LogP contribution is 2.76. The lowest BCUT2D eigenvalue weighted by molar-refractivity contribution is -0.242. The first kappa shape index (κ1) is 29.2. The van der Waals surface area contributed by atoms with E-state index in [4.69, 9.17) is 5.73 Å². The Morgan fingerprint density at radius 3 is 1.97 bits per heavy atom. The van der Waals surface area contributed by atoms with Crippen LogP contribution < -0.4 is 5.73 Å². The van der Waals surface area contributed by atoms with Gasteiger partial charge in [-0.25, -0.2) is 0 Å². The molecule has 5 rings (SSSR count). The smallest absolute Gasteiger partial charge is 0.0594 e. The lowest BCUT2D eigenvalue weighted by Crippen LogP contribution is -2.68. The van der Waals surface area contributed by atoms with Gasteiger partial charge in [0.1, 0.15) is 0 Å². The standard InChI is InChI=1S/C29H49NO.2C2H6/c1-18(2)19-10-15-29(30)17-16-27(6)20(24(19)29)8-9-22-26(5)13-12-23(31)25(3,4)21(26)11-14-28(22,27)7;2*1-2/h19-24,31H,1,8-17,30H2,2-7H3;2*1-2H3/t19-,20?,21?,22?,23?,24?,26?,27+,28?,29?;;/m0../s1. The van der Waals surface area contributed by atoms with Crippen molar-refractivity contribution >= 4 is 0 Å². The number of fused-ring (bicyclic) bond motifs is 7. The maximum absolute atomic E-state index is 10.9. The number of nitrogens with two attached hydrogens (primary N) is 1. The zero-order valence-corrected chi connectivity index (χ0v) is 25.3. The quantitative estimate of drug-likeness (QED) is 0.363. The molecule has 5 aliphatic carbocycles. The second kappa shape index (κ2) is 9.76. The third-order valence-corrected chi connectivity index (χ3v) is 13.1. The Kier molecular flexibility index (Phi) is 8.15. The molecule has 0 saturated heterocycles. The largest absolute Gasteiger partial charge is 0.393 e. The van der Waals surface area contributed by atoms with Crippen LogP contribution in [0.5, 0.6) is 0 Å². The molecule has 0 radical (unpaired) electrons. The molecule has 0 bridgehead atoms. The number of aliphatic hydroxyl groups is 1. The van der Waals surface area contributed by atoms with E-state index in [0.717, 1.165) is 18.3 Å². The predicted octanol–water partition coefficient (Wildman–Crippen LogP) is 8.77. The maximum atomic E-state index is 10.9. The summed E-state index contributed by atoms with van der Waals surface area (Å²) in [6.07, 6.45) is 12.4. The van der Waals surface area contributed by atoms with Crippen molar-refractivity contribution in [2.24, 2.45) is 57.0 Å². The van der Waals surface area contributed by atoms with Gasteiger partial charge in [0.15, 0.2) is 0 Å². The highest BCUT2D eigenvalue weighted by molar-refractivity contribution is 5.23. The van der Waals surface area contributed by atoms with Gasteiger partial charge < -0.3 is 10.8 Å². The summed E-state index contributed by atoms with van der Waals surface area (Å²) in [5.74, 6) is 3.44. The molecule has 0 aromatic rings. The lowest BCUT2D eigenvalue weighted by Gasteiger charge is -2.72. The minimum absolute atomic E-state index is 0.0432. The number of allylic oxidation sites excluding steroid dienone is 1. The first-order valence-electron chi connectivity index (χ1n) is 15.4. The fraction of sp³-hybridized carbons (Fsp3) is 0.939. The molecule has 10 atom stereocenters. The van der Waals surface area contributed by atoms with Crippen LogP contribution in [-0.4, -0.2) is 16.7 Å². The normalized spacial score (nSPS) is 51.7. The highest BCUT2D eigenvalue weighted by atomic mass is 16.3. The van der Waals surface area contributed by atoms with Gasteiger partial charge in [0.25, 0.3) is 0 Å². The van der Waals surface area contributed by atoms with Crippen molar-refractivity contribution in [3.05, 3.63) is 12.2 Å². The second-order valence-electron chi connectivity index (χ2n) is 14.3. The summed E-state index contributed by atoms with van der Waals surface area (Å²) in [5.41, 5.74) is 9.80. The van der Waals surface area contributed by atoms with E-state index in [0.29, 0.717) is 34.0 Å². The molecule has 0 heterocycles. The van der Waals surface area contributed by atoms with E-state index >= 15 is 0 Å². The first-order valence-corrected chi connectivity index (χ1v) is 15.4. The van der Waals surface area contributed by atoms with Crippen LogP contribution in [0.2, 0.25) is 0 Å². The van der Waals surface area contributed by atoms with Crippen LogP contribution in [0.3, 0.4) is 0 Å². The number of hydrogen-bond acceptors (Lipinski definition) is 2. The first-order chi connectivity index (χ1) is 16.3. The van der Waals surface area contributed by atoms with E-state index in [1.54, 1.807) is 0 Å². The molecule has 3 N–H and O–H groups in total. The van der Waals surface area contributed by atoms with Gasteiger partial charge in [-0.1, -0.05) is 74.5 Å². The third-order valence-electron chi connectivity index (χ3n) is 13.1. The molecule has 0 aliphatic heterocycles. The summed E-state index contributed by atoms with van der Waals surface area (Å²) in [6.45, 7) is 27.4. The predicted molar refractivity (Wildman–Crippen MR) is 152 cm³/mol. The third kappa shape index (κ3) is 3.93. The Bertz CT molecular complexity index is 773. The molecule has 2 heteroatoms. The van der Waals surface area contributed by atoms with Crippen molar-refractivity contribution in [2.75, 3.05) is 0 Å². The Morgan fingerprint density at radius 1 is 0.743 bits per heavy atom. The van der Waals surface area contributed by atoms with Crippen LogP contribution in [0.15, 0.2) is 12.2 Å². The van der Waals surface area contributed by atoms with Crippen molar-refractivity contribution in [3.63, 3.8) is 0 Å². The van der Waals surface area contributed by atoms with Crippen LogP contribution in [0.4, 0.5) is 0 Å². The van der Waals surface area contributed by atoms with Crippen LogP contribution in [0.25, 0.3) is 0 Å². The average Bonchev–Trinajstić information content (AvgIpc) is 3.18. The van der Waals surface area contributed by atoms with E-state index in [-0.39, 0.29) is 17.1 Å². The summed E-state index contributed by atoms with van der Waals surface area (Å²) in [6, 6.07) is 0. The van der Waals surface area contributed by atoms with E-state index in [1.165, 1.54) is 63.4 Å². The molecular formula is C33H61NO. The van der Waals surface area contributed by atoms with E-state index in [1.807, 2.05) is 27.7 Å². The van der Waals surface area contributed by atoms with E-state index < -0.39 is 0 Å². The van der Waals surface area contributed by atoms with Crippen molar-refractivity contribution in [3.8, 4) is 0 Å². The van der Waals surface area contributed by atoms with Crippen molar-refractivity contribution in [1.29, 1.82) is 0 Å². The molecule has 2 nitrogen and oxygen atoms in total. The molecule has 0 spiro atoms. The van der Waals surface area contributed by atoms with Crippen molar-refractivity contribution < 1.29 is 5.11 Å². The SMILES string of the molecule is C=C(C)[C@@H]1CCC2(N)CC[C@]3(C)C(CCC4C5(C)CCC(O)C(C)(C)C5CCC43C)C12.CC.CC. The number of rotatable bonds is 1. The number of aliphatic hydroxyl groups excluding tert-OH is 1. The topological polar surface area (TPSA) is 46.2 Å². The molecule has 204 valence electrons. The fourth-order valence-electron chi connectivity index (χ4n) is 11.2. The molecule has 0 aromatic heterocycles. The molecule has 0 aromatic carbocycles. The fourth-order valence-corrected chi connectivity index (χ4v) is 11.2. The summed E-state index contributed by atoms with van der Waals surface area (Å²) in [7, 11) is 0. The summed E-state index contributed by atoms with van der Waals surface area (Å²) >= 11 is 0. The molecule has 35 heavy (non-hydrogen) atoms. The van der Waals surface area contributed by atoms with Gasteiger partial charge in [-0.05, 0) is 122 Å². The summed E-state index contributed by atoms with van der Waals surface area (Å²) < 4.78 is 0. The molecule has 5 saturated carbocycles. The van der Waals surface area contributed by atoms with Crippen molar-refractivity contribution in [2.45, 2.75) is 145 Å². The molecule has 8 unspecified atom stereocenters. The van der Waals surface area contributed by atoms with Gasteiger partial charge in [-0.15, -0.1) is 0 Å². The van der Waals surface area contributed by atoms with Crippen LogP contribution in [0.1, 0.15) is 133 Å². The minimum Gasteiger partial charge on any atom is -0.393 e. The Hall–Kier alpha value is -0.340. The second-order valence-corrected chi connectivity index (χ2v) is 14.3. The molecule has 5 aliphatic rings. The molecule has 5 fully saturated rings. The van der Waals surface area contributed by atoms with Gasteiger partial charge in [0.05, 0.1) is 6.10 Å². The van der Waals surface area contributed by atoms with E-state index in [9.17, 15) is 5.11 Å². The van der Waals surface area contributed by atoms with Crippen LogP contribution in [0, 0.1) is 51.2 Å². The van der Waals surface area contributed by atoms with Crippen LogP contribution >= 0.6 is 0 Å².